The molecule has 1 saturated carbocycles. The van der Waals surface area contributed by atoms with Crippen molar-refractivity contribution in [1.82, 2.24) is 9.55 Å². The molecule has 0 unspecified atom stereocenters. The minimum atomic E-state index is -3.48. The molecule has 4 rings (SSSR count). The van der Waals surface area contributed by atoms with Crippen LogP contribution in [0, 0.1) is 5.92 Å². The van der Waals surface area contributed by atoms with Crippen LogP contribution in [-0.2, 0) is 17.1 Å². The number of carbonyl (C=O) groups excluding carboxylic acids is 1. The molecule has 1 aromatic carbocycles. The first-order valence-electron chi connectivity index (χ1n) is 10.0. The van der Waals surface area contributed by atoms with Crippen molar-refractivity contribution in [3.63, 3.8) is 0 Å². The van der Waals surface area contributed by atoms with Gasteiger partial charge in [-0.2, -0.15) is 0 Å². The SMILES string of the molecule is Cn1cc(C(=O)Nc2cc(Cl)cc(NS(C)(=O)=O)c2)cc1-c1ncccc1OCC1CC1. The monoisotopic (exact) mass is 474 g/mol. The fourth-order valence-electron chi connectivity index (χ4n) is 3.25. The van der Waals surface area contributed by atoms with E-state index < -0.39 is 10.0 Å². The first-order chi connectivity index (χ1) is 15.2. The molecule has 0 radical (unpaired) electrons. The fourth-order valence-corrected chi connectivity index (χ4v) is 4.03. The van der Waals surface area contributed by atoms with Gasteiger partial charge in [-0.1, -0.05) is 11.6 Å². The Labute approximate surface area is 191 Å². The van der Waals surface area contributed by atoms with Crippen molar-refractivity contribution in [2.24, 2.45) is 13.0 Å². The lowest BCUT2D eigenvalue weighted by atomic mass is 10.2. The van der Waals surface area contributed by atoms with Gasteiger partial charge in [0.05, 0.1) is 29.8 Å². The molecule has 1 fully saturated rings. The topological polar surface area (TPSA) is 102 Å². The summed E-state index contributed by atoms with van der Waals surface area (Å²) >= 11 is 6.08. The third-order valence-electron chi connectivity index (χ3n) is 4.91. The number of amides is 1. The standard InChI is InChI=1S/C22H23ClN4O4S/c1-27-12-15(8-19(27)21-20(4-3-7-24-21)31-13-14-5-6-14)22(28)25-17-9-16(23)10-18(11-17)26-32(2,29)30/h3-4,7-12,14,26H,5-6,13H2,1-2H3,(H,25,28). The number of nitrogens with one attached hydrogen (secondary N) is 2. The van der Waals surface area contributed by atoms with Crippen molar-refractivity contribution in [3.05, 3.63) is 59.4 Å². The van der Waals surface area contributed by atoms with E-state index in [1.54, 1.807) is 24.5 Å². The van der Waals surface area contributed by atoms with E-state index in [1.165, 1.54) is 25.0 Å². The molecule has 0 bridgehead atoms. The van der Waals surface area contributed by atoms with Crippen molar-refractivity contribution in [1.29, 1.82) is 0 Å². The largest absolute Gasteiger partial charge is 0.491 e. The van der Waals surface area contributed by atoms with Crippen LogP contribution in [0.3, 0.4) is 0 Å². The van der Waals surface area contributed by atoms with Crippen LogP contribution in [0.15, 0.2) is 48.8 Å². The lowest BCUT2D eigenvalue weighted by molar-refractivity contribution is 0.102. The third-order valence-corrected chi connectivity index (χ3v) is 5.74. The summed E-state index contributed by atoms with van der Waals surface area (Å²) in [6.45, 7) is 0.662. The lowest BCUT2D eigenvalue weighted by Crippen LogP contribution is -2.13. The van der Waals surface area contributed by atoms with Gasteiger partial charge in [-0.3, -0.25) is 14.5 Å². The second-order valence-electron chi connectivity index (χ2n) is 7.89. The Kier molecular flexibility index (Phi) is 6.12. The Hall–Kier alpha value is -3.04. The molecule has 0 aliphatic heterocycles. The molecule has 0 saturated heterocycles. The number of nitrogens with zero attached hydrogens (tertiary/aromatic N) is 2. The number of pyridine rings is 1. The Morgan fingerprint density at radius 2 is 2.00 bits per heavy atom. The van der Waals surface area contributed by atoms with Gasteiger partial charge in [0.25, 0.3) is 5.91 Å². The molecular formula is C22H23ClN4O4S. The Bertz CT molecular complexity index is 1270. The molecule has 1 aliphatic rings. The van der Waals surface area contributed by atoms with Gasteiger partial charge in [0.2, 0.25) is 10.0 Å². The van der Waals surface area contributed by atoms with Crippen LogP contribution in [-0.4, -0.2) is 36.7 Å². The zero-order chi connectivity index (χ0) is 22.9. The smallest absolute Gasteiger partial charge is 0.257 e. The second-order valence-corrected chi connectivity index (χ2v) is 10.1. The van der Waals surface area contributed by atoms with Crippen molar-refractivity contribution < 1.29 is 17.9 Å². The highest BCUT2D eigenvalue weighted by molar-refractivity contribution is 7.92. The van der Waals surface area contributed by atoms with Gasteiger partial charge >= 0.3 is 0 Å². The maximum absolute atomic E-state index is 12.9. The van der Waals surface area contributed by atoms with Crippen molar-refractivity contribution in [3.8, 4) is 17.1 Å². The highest BCUT2D eigenvalue weighted by Crippen LogP contribution is 2.33. The van der Waals surface area contributed by atoms with Crippen LogP contribution in [0.2, 0.25) is 5.02 Å². The third kappa shape index (κ3) is 5.60. The Morgan fingerprint density at radius 1 is 1.25 bits per heavy atom. The Morgan fingerprint density at radius 3 is 2.72 bits per heavy atom. The number of halogens is 1. The van der Waals surface area contributed by atoms with E-state index in [1.807, 2.05) is 23.7 Å². The van der Waals surface area contributed by atoms with E-state index in [-0.39, 0.29) is 16.6 Å². The summed E-state index contributed by atoms with van der Waals surface area (Å²) in [4.78, 5) is 17.3. The average Bonchev–Trinajstić information content (AvgIpc) is 3.45. The number of aromatic nitrogens is 2. The first-order valence-corrected chi connectivity index (χ1v) is 12.3. The molecule has 0 atom stereocenters. The van der Waals surface area contributed by atoms with Gasteiger partial charge < -0.3 is 14.6 Å². The number of hydrogen-bond donors (Lipinski definition) is 2. The first kappa shape index (κ1) is 22.2. The van der Waals surface area contributed by atoms with Gasteiger partial charge in [0, 0.05) is 30.2 Å². The maximum atomic E-state index is 12.9. The summed E-state index contributed by atoms with van der Waals surface area (Å²) in [5, 5.41) is 3.04. The number of rotatable bonds is 8. The molecule has 2 heterocycles. The van der Waals surface area contributed by atoms with E-state index in [4.69, 9.17) is 16.3 Å². The van der Waals surface area contributed by atoms with Crippen LogP contribution < -0.4 is 14.8 Å². The molecule has 10 heteroatoms. The van der Waals surface area contributed by atoms with Crippen LogP contribution in [0.5, 0.6) is 5.75 Å². The molecule has 1 aliphatic carbocycles. The van der Waals surface area contributed by atoms with E-state index >= 15 is 0 Å². The zero-order valence-electron chi connectivity index (χ0n) is 17.6. The maximum Gasteiger partial charge on any atom is 0.257 e. The quantitative estimate of drug-likeness (QED) is 0.510. The van der Waals surface area contributed by atoms with Gasteiger partial charge in [-0.25, -0.2) is 8.42 Å². The number of anilines is 2. The lowest BCUT2D eigenvalue weighted by Gasteiger charge is -2.10. The van der Waals surface area contributed by atoms with Gasteiger partial charge in [-0.15, -0.1) is 0 Å². The van der Waals surface area contributed by atoms with E-state index in [0.29, 0.717) is 35.2 Å². The van der Waals surface area contributed by atoms with Crippen LogP contribution in [0.25, 0.3) is 11.4 Å². The molecule has 0 spiro atoms. The van der Waals surface area contributed by atoms with Crippen LogP contribution >= 0.6 is 11.6 Å². The fraction of sp³-hybridized carbons (Fsp3) is 0.273. The van der Waals surface area contributed by atoms with Gasteiger partial charge in [0.15, 0.2) is 0 Å². The zero-order valence-corrected chi connectivity index (χ0v) is 19.2. The highest BCUT2D eigenvalue weighted by Gasteiger charge is 2.23. The predicted octanol–water partition coefficient (Wildman–Crippen LogP) is 4.15. The molecular weight excluding hydrogens is 452 g/mol. The Balaban J connectivity index is 1.55. The van der Waals surface area contributed by atoms with Crippen LogP contribution in [0.1, 0.15) is 23.2 Å². The molecule has 168 valence electrons. The molecule has 8 nitrogen and oxygen atoms in total. The number of aryl methyl sites for hydroxylation is 1. The molecule has 32 heavy (non-hydrogen) atoms. The molecule has 2 aromatic heterocycles. The van der Waals surface area contributed by atoms with Crippen molar-refractivity contribution in [2.45, 2.75) is 12.8 Å². The summed E-state index contributed by atoms with van der Waals surface area (Å²) in [6, 6.07) is 9.94. The van der Waals surface area contributed by atoms with E-state index in [9.17, 15) is 13.2 Å². The number of benzene rings is 1. The number of carbonyl (C=O) groups is 1. The number of sulfonamides is 1. The summed E-state index contributed by atoms with van der Waals surface area (Å²) in [6.07, 6.45) is 6.81. The van der Waals surface area contributed by atoms with E-state index in [2.05, 4.69) is 15.0 Å². The summed E-state index contributed by atoms with van der Waals surface area (Å²) < 4.78 is 33.1. The number of hydrogen-bond acceptors (Lipinski definition) is 5. The van der Waals surface area contributed by atoms with E-state index in [0.717, 1.165) is 11.9 Å². The molecule has 1 amide bonds. The van der Waals surface area contributed by atoms with Crippen molar-refractivity contribution >= 4 is 38.9 Å². The summed E-state index contributed by atoms with van der Waals surface area (Å²) in [7, 11) is -1.65. The minimum absolute atomic E-state index is 0.259. The normalized spacial score (nSPS) is 13.6. The van der Waals surface area contributed by atoms with Crippen LogP contribution in [0.4, 0.5) is 11.4 Å². The van der Waals surface area contributed by atoms with Gasteiger partial charge in [-0.05, 0) is 55.2 Å². The van der Waals surface area contributed by atoms with Crippen molar-refractivity contribution in [2.75, 3.05) is 22.9 Å². The highest BCUT2D eigenvalue weighted by atomic mass is 35.5. The summed E-state index contributed by atoms with van der Waals surface area (Å²) in [5.74, 6) is 0.923. The second kappa shape index (κ2) is 8.84. The van der Waals surface area contributed by atoms with Gasteiger partial charge in [0.1, 0.15) is 11.4 Å². The number of ether oxygens (including phenoxy) is 1. The molecule has 2 N–H and O–H groups in total. The minimum Gasteiger partial charge on any atom is -0.491 e. The molecule has 3 aromatic rings. The summed E-state index contributed by atoms with van der Waals surface area (Å²) in [5.41, 5.74) is 2.45. The predicted molar refractivity (Wildman–Crippen MR) is 125 cm³/mol. The average molecular weight is 475 g/mol.